The Morgan fingerprint density at radius 3 is 2.67 bits per heavy atom. The van der Waals surface area contributed by atoms with Gasteiger partial charge in [0.2, 0.25) is 0 Å². The van der Waals surface area contributed by atoms with Crippen molar-refractivity contribution in [2.24, 2.45) is 0 Å². The quantitative estimate of drug-likeness (QED) is 0.553. The van der Waals surface area contributed by atoms with E-state index in [4.69, 9.17) is 15.3 Å². The maximum atomic E-state index is 13.3. The van der Waals surface area contributed by atoms with Gasteiger partial charge in [-0.05, 0) is 29.9 Å². The van der Waals surface area contributed by atoms with Crippen LogP contribution in [0.4, 0.5) is 4.39 Å². The molecule has 0 saturated heterocycles. The average molecular weight is 207 g/mol. The Balaban J connectivity index is 2.71. The molecular weight excluding hydrogens is 196 g/mol. The largest absolute Gasteiger partial charge is 0.488 e. The van der Waals surface area contributed by atoms with Crippen LogP contribution < -0.4 is 5.46 Å². The molecular formula is C10H11BFNO2. The lowest BCUT2D eigenvalue weighted by Crippen LogP contribution is -2.30. The number of nitrogens with zero attached hydrogens (tertiary/aromatic N) is 1. The molecule has 1 aromatic carbocycles. The Hall–Kier alpha value is -1.38. The minimum Gasteiger partial charge on any atom is -0.423 e. The van der Waals surface area contributed by atoms with Gasteiger partial charge < -0.3 is 10.0 Å². The van der Waals surface area contributed by atoms with E-state index in [2.05, 4.69) is 0 Å². The zero-order valence-corrected chi connectivity index (χ0v) is 8.15. The summed E-state index contributed by atoms with van der Waals surface area (Å²) in [5, 5.41) is 25.9. The Kier molecular flexibility index (Phi) is 4.28. The molecule has 1 rings (SSSR count). The summed E-state index contributed by atoms with van der Waals surface area (Å²) in [5.41, 5.74) is 0.631. The first-order chi connectivity index (χ1) is 7.15. The zero-order valence-electron chi connectivity index (χ0n) is 8.15. The lowest BCUT2D eigenvalue weighted by atomic mass is 9.80. The number of aryl methyl sites for hydroxylation is 1. The van der Waals surface area contributed by atoms with Crippen molar-refractivity contribution in [3.05, 3.63) is 29.6 Å². The van der Waals surface area contributed by atoms with Gasteiger partial charge in [-0.3, -0.25) is 0 Å². The molecule has 0 aliphatic carbocycles. The second-order valence-electron chi connectivity index (χ2n) is 3.24. The minimum absolute atomic E-state index is 0.136. The normalized spacial score (nSPS) is 9.73. The van der Waals surface area contributed by atoms with Crippen LogP contribution >= 0.6 is 0 Å². The predicted octanol–water partition coefficient (Wildman–Crippen LogP) is 0.352. The van der Waals surface area contributed by atoms with Crippen molar-refractivity contribution >= 4 is 12.6 Å². The molecule has 5 heteroatoms. The average Bonchev–Trinajstić information content (AvgIpc) is 2.20. The van der Waals surface area contributed by atoms with Gasteiger partial charge in [-0.25, -0.2) is 4.39 Å². The molecule has 0 unspecified atom stereocenters. The van der Waals surface area contributed by atoms with Gasteiger partial charge in [-0.15, -0.1) is 0 Å². The number of benzene rings is 1. The van der Waals surface area contributed by atoms with E-state index in [-0.39, 0.29) is 5.46 Å². The topological polar surface area (TPSA) is 64.2 Å². The summed E-state index contributed by atoms with van der Waals surface area (Å²) in [4.78, 5) is 0. The second kappa shape index (κ2) is 5.49. The van der Waals surface area contributed by atoms with Crippen molar-refractivity contribution in [3.8, 4) is 6.07 Å². The summed E-state index contributed by atoms with van der Waals surface area (Å²) in [7, 11) is -1.65. The highest BCUT2D eigenvalue weighted by molar-refractivity contribution is 6.58. The van der Waals surface area contributed by atoms with Gasteiger partial charge in [-0.2, -0.15) is 5.26 Å². The molecule has 0 saturated carbocycles. The van der Waals surface area contributed by atoms with E-state index in [1.54, 1.807) is 0 Å². The van der Waals surface area contributed by atoms with E-state index >= 15 is 0 Å². The van der Waals surface area contributed by atoms with Crippen LogP contribution in [-0.2, 0) is 6.42 Å². The lowest BCUT2D eigenvalue weighted by Gasteiger charge is -2.04. The van der Waals surface area contributed by atoms with Crippen LogP contribution in [0.5, 0.6) is 0 Å². The molecule has 0 aliphatic heterocycles. The summed E-state index contributed by atoms with van der Waals surface area (Å²) in [6.07, 6.45) is 1.49. The van der Waals surface area contributed by atoms with Crippen LogP contribution in [0.3, 0.4) is 0 Å². The van der Waals surface area contributed by atoms with E-state index in [0.717, 1.165) is 6.07 Å². The standard InChI is InChI=1S/C10H11BFNO2/c12-10-7-9(11(14)15)5-4-8(10)3-1-2-6-13/h4-5,7,14-15H,1-3H2. The van der Waals surface area contributed by atoms with E-state index in [0.29, 0.717) is 24.8 Å². The maximum Gasteiger partial charge on any atom is 0.488 e. The molecule has 0 fully saturated rings. The Morgan fingerprint density at radius 1 is 1.40 bits per heavy atom. The number of halogens is 1. The van der Waals surface area contributed by atoms with Crippen LogP contribution in [0, 0.1) is 17.1 Å². The van der Waals surface area contributed by atoms with E-state index in [1.165, 1.54) is 12.1 Å². The van der Waals surface area contributed by atoms with Gasteiger partial charge in [0.05, 0.1) is 6.07 Å². The molecule has 2 N–H and O–H groups in total. The number of hydrogen-bond acceptors (Lipinski definition) is 3. The highest BCUT2D eigenvalue weighted by Crippen LogP contribution is 2.09. The molecule has 0 aliphatic rings. The minimum atomic E-state index is -1.65. The Morgan fingerprint density at radius 2 is 2.13 bits per heavy atom. The van der Waals surface area contributed by atoms with Gasteiger partial charge in [0.25, 0.3) is 0 Å². The van der Waals surface area contributed by atoms with Crippen LogP contribution in [-0.4, -0.2) is 17.2 Å². The molecule has 0 spiro atoms. The predicted molar refractivity (Wildman–Crippen MR) is 54.8 cm³/mol. The Labute approximate surface area is 87.9 Å². The van der Waals surface area contributed by atoms with Crippen molar-refractivity contribution in [3.63, 3.8) is 0 Å². The summed E-state index contributed by atoms with van der Waals surface area (Å²) in [5.74, 6) is -0.460. The number of rotatable bonds is 4. The van der Waals surface area contributed by atoms with Crippen LogP contribution in [0.2, 0.25) is 0 Å². The monoisotopic (exact) mass is 207 g/mol. The summed E-state index contributed by atoms with van der Waals surface area (Å²) < 4.78 is 13.3. The molecule has 3 nitrogen and oxygen atoms in total. The first kappa shape index (κ1) is 11.7. The third-order valence-corrected chi connectivity index (χ3v) is 2.11. The van der Waals surface area contributed by atoms with Gasteiger partial charge in [-0.1, -0.05) is 12.1 Å². The molecule has 0 heterocycles. The fourth-order valence-electron chi connectivity index (χ4n) is 1.28. The van der Waals surface area contributed by atoms with E-state index in [1.807, 2.05) is 6.07 Å². The Bertz CT molecular complexity index is 376. The van der Waals surface area contributed by atoms with E-state index in [9.17, 15) is 4.39 Å². The third kappa shape index (κ3) is 3.35. The zero-order chi connectivity index (χ0) is 11.3. The number of nitriles is 1. The van der Waals surface area contributed by atoms with Crippen molar-refractivity contribution in [2.75, 3.05) is 0 Å². The first-order valence-corrected chi connectivity index (χ1v) is 4.66. The molecule has 0 aromatic heterocycles. The number of unbranched alkanes of at least 4 members (excludes halogenated alkanes) is 1. The second-order valence-corrected chi connectivity index (χ2v) is 3.24. The molecule has 0 amide bonds. The van der Waals surface area contributed by atoms with Crippen LogP contribution in [0.15, 0.2) is 18.2 Å². The fraction of sp³-hybridized carbons (Fsp3) is 0.300. The van der Waals surface area contributed by atoms with Crippen LogP contribution in [0.1, 0.15) is 18.4 Å². The highest BCUT2D eigenvalue weighted by atomic mass is 19.1. The van der Waals surface area contributed by atoms with Crippen LogP contribution in [0.25, 0.3) is 0 Å². The highest BCUT2D eigenvalue weighted by Gasteiger charge is 2.13. The van der Waals surface area contributed by atoms with Crippen molar-refractivity contribution in [1.82, 2.24) is 0 Å². The molecule has 78 valence electrons. The van der Waals surface area contributed by atoms with Gasteiger partial charge in [0, 0.05) is 6.42 Å². The maximum absolute atomic E-state index is 13.3. The molecule has 0 bridgehead atoms. The van der Waals surface area contributed by atoms with Crippen molar-refractivity contribution in [2.45, 2.75) is 19.3 Å². The fourth-order valence-corrected chi connectivity index (χ4v) is 1.28. The van der Waals surface area contributed by atoms with Gasteiger partial charge in [0.1, 0.15) is 5.82 Å². The third-order valence-electron chi connectivity index (χ3n) is 2.11. The van der Waals surface area contributed by atoms with Crippen molar-refractivity contribution < 1.29 is 14.4 Å². The smallest absolute Gasteiger partial charge is 0.423 e. The molecule has 0 atom stereocenters. The molecule has 0 radical (unpaired) electrons. The SMILES string of the molecule is N#CCCCc1ccc(B(O)O)cc1F. The molecule has 15 heavy (non-hydrogen) atoms. The molecule has 1 aromatic rings. The van der Waals surface area contributed by atoms with Gasteiger partial charge in [0.15, 0.2) is 0 Å². The number of hydrogen-bond donors (Lipinski definition) is 2. The summed E-state index contributed by atoms with van der Waals surface area (Å²) in [6.45, 7) is 0. The van der Waals surface area contributed by atoms with Crippen molar-refractivity contribution in [1.29, 1.82) is 5.26 Å². The summed E-state index contributed by atoms with van der Waals surface area (Å²) >= 11 is 0. The lowest BCUT2D eigenvalue weighted by molar-refractivity contribution is 0.425. The van der Waals surface area contributed by atoms with Gasteiger partial charge >= 0.3 is 7.12 Å². The summed E-state index contributed by atoms with van der Waals surface area (Å²) in [6, 6.07) is 6.07. The van der Waals surface area contributed by atoms with E-state index < -0.39 is 12.9 Å². The first-order valence-electron chi connectivity index (χ1n) is 4.66.